The summed E-state index contributed by atoms with van der Waals surface area (Å²) < 4.78 is 31.6. The molecule has 0 unspecified atom stereocenters. The molecule has 51 valence electrons. The van der Waals surface area contributed by atoms with E-state index in [-0.39, 0.29) is 73.6 Å². The number of hydrogen-bond donors (Lipinski definition) is 2. The van der Waals surface area contributed by atoms with Crippen LogP contribution in [0, 0.1) is 0 Å². The van der Waals surface area contributed by atoms with Gasteiger partial charge in [-0.15, -0.1) is 0 Å². The Labute approximate surface area is 99.7 Å². The van der Waals surface area contributed by atoms with Gasteiger partial charge in [-0.2, -0.15) is 8.42 Å². The third-order valence-corrected chi connectivity index (χ3v) is 0. The summed E-state index contributed by atoms with van der Waals surface area (Å²) in [6, 6.07) is 0. The molecule has 0 rings (SSSR count). The number of hydrogen-bond acceptors (Lipinski definition) is 2. The molecule has 0 saturated heterocycles. The summed E-state index contributed by atoms with van der Waals surface area (Å²) in [5.41, 5.74) is 0. The van der Waals surface area contributed by atoms with Crippen molar-refractivity contribution in [3.63, 3.8) is 0 Å². The van der Waals surface area contributed by atoms with Crippen molar-refractivity contribution in [2.24, 2.45) is 0 Å². The summed E-state index contributed by atoms with van der Waals surface area (Å²) in [6.07, 6.45) is 0. The molecule has 0 aliphatic rings. The van der Waals surface area contributed by atoms with Crippen molar-refractivity contribution < 1.29 is 39.8 Å². The second-order valence-electron chi connectivity index (χ2n) is 0.448. The Hall–Kier alpha value is 1.97. The Bertz CT molecular complexity index is 95.6. The maximum atomic E-state index is 8.74. The average molecular weight is 215 g/mol. The summed E-state index contributed by atoms with van der Waals surface area (Å²) in [5, 5.41) is 0. The van der Waals surface area contributed by atoms with Gasteiger partial charge in [-0.05, 0) is 0 Å². The van der Waals surface area contributed by atoms with E-state index in [1.165, 1.54) is 0 Å². The summed E-state index contributed by atoms with van der Waals surface area (Å²) in [4.78, 5) is 0. The molecule has 0 aliphatic carbocycles. The molecule has 8 heavy (non-hydrogen) atoms. The molecule has 0 amide bonds. The summed E-state index contributed by atoms with van der Waals surface area (Å²) in [6.45, 7) is 0. The second-order valence-corrected chi connectivity index (χ2v) is 1.34. The van der Waals surface area contributed by atoms with Crippen molar-refractivity contribution in [1.29, 1.82) is 0 Å². The molecular weight excluding hydrogens is 210 g/mol. The van der Waals surface area contributed by atoms with E-state index in [0.29, 0.717) is 0 Å². The Kier molecular flexibility index (Phi) is 25.2. The molecule has 0 atom stereocenters. The van der Waals surface area contributed by atoms with Gasteiger partial charge in [-0.1, -0.05) is 0 Å². The van der Waals surface area contributed by atoms with Crippen LogP contribution < -0.4 is 0 Å². The fourth-order valence-corrected chi connectivity index (χ4v) is 0. The van der Waals surface area contributed by atoms with E-state index in [1.54, 1.807) is 0 Å². The van der Waals surface area contributed by atoms with Crippen LogP contribution in [0.4, 0.5) is 0 Å². The molecule has 0 bridgehead atoms. The first kappa shape index (κ1) is 22.5. The molecule has 0 aromatic heterocycles. The zero-order chi connectivity index (χ0) is 4.50. The van der Waals surface area contributed by atoms with Gasteiger partial charge in [0.1, 0.15) is 0 Å². The first-order valence-corrected chi connectivity index (χ1v) is 2.10. The molecule has 0 saturated carbocycles. The standard InChI is InChI=1S/Co.K.H2O4S.H2O.H/c;;1-5(2,3)4;;/h;;(H2,1,2,3,4);1H2;. The minimum atomic E-state index is -4.67. The molecule has 4 N–H and O–H groups in total. The zero-order valence-corrected chi connectivity index (χ0v) is 4.81. The molecule has 0 fully saturated rings. The molecule has 0 aromatic carbocycles. The van der Waals surface area contributed by atoms with Crippen LogP contribution in [-0.4, -0.2) is 74.4 Å². The zero-order valence-electron chi connectivity index (χ0n) is 2.95. The van der Waals surface area contributed by atoms with E-state index in [9.17, 15) is 0 Å². The van der Waals surface area contributed by atoms with E-state index in [2.05, 4.69) is 0 Å². The maximum absolute atomic E-state index is 8.74. The van der Waals surface area contributed by atoms with E-state index in [0.717, 1.165) is 0 Å². The van der Waals surface area contributed by atoms with Crippen molar-refractivity contribution in [3.05, 3.63) is 0 Å². The predicted molar refractivity (Wildman–Crippen MR) is 24.9 cm³/mol. The third kappa shape index (κ3) is 99.6. The number of rotatable bonds is 0. The first-order valence-electron chi connectivity index (χ1n) is 0.698. The Balaban J connectivity index is -0.0000000267. The van der Waals surface area contributed by atoms with E-state index in [1.807, 2.05) is 0 Å². The fraction of sp³-hybridized carbons (Fsp3) is 0. The Morgan fingerprint density at radius 3 is 1.12 bits per heavy atom. The molecule has 5 nitrogen and oxygen atoms in total. The van der Waals surface area contributed by atoms with Crippen molar-refractivity contribution in [3.8, 4) is 0 Å². The molecule has 0 aliphatic heterocycles. The van der Waals surface area contributed by atoms with Crippen molar-refractivity contribution >= 4 is 61.8 Å². The normalized spacial score (nSPS) is 7.25. The Morgan fingerprint density at radius 1 is 1.12 bits per heavy atom. The molecule has 8 heteroatoms. The molecule has 0 heterocycles. The van der Waals surface area contributed by atoms with Crippen LogP contribution in [-0.2, 0) is 27.2 Å². The van der Waals surface area contributed by atoms with Crippen LogP contribution in [0.5, 0.6) is 0 Å². The third-order valence-electron chi connectivity index (χ3n) is 0. The van der Waals surface area contributed by atoms with Crippen LogP contribution in [0.1, 0.15) is 0 Å². The van der Waals surface area contributed by atoms with Gasteiger partial charge in [-0.3, -0.25) is 9.11 Å². The SMILES string of the molecule is O.O=S(=O)(O)O.[Co].[KH]. The van der Waals surface area contributed by atoms with E-state index >= 15 is 0 Å². The monoisotopic (exact) mass is 215 g/mol. The molecular formula is H5CoKO5S. The summed E-state index contributed by atoms with van der Waals surface area (Å²) in [5.74, 6) is 0. The van der Waals surface area contributed by atoms with Gasteiger partial charge >= 0.3 is 61.8 Å². The quantitative estimate of drug-likeness (QED) is 0.355. The van der Waals surface area contributed by atoms with Crippen molar-refractivity contribution in [1.82, 2.24) is 0 Å². The second kappa shape index (κ2) is 8.97. The van der Waals surface area contributed by atoms with Gasteiger partial charge < -0.3 is 5.48 Å². The molecule has 0 aromatic rings. The van der Waals surface area contributed by atoms with Gasteiger partial charge in [0.25, 0.3) is 0 Å². The van der Waals surface area contributed by atoms with Crippen molar-refractivity contribution in [2.45, 2.75) is 0 Å². The molecule has 0 spiro atoms. The minimum absolute atomic E-state index is 0. The van der Waals surface area contributed by atoms with Gasteiger partial charge in [0.2, 0.25) is 0 Å². The van der Waals surface area contributed by atoms with Crippen LogP contribution in [0.25, 0.3) is 0 Å². The summed E-state index contributed by atoms with van der Waals surface area (Å²) in [7, 11) is -4.67. The van der Waals surface area contributed by atoms with E-state index in [4.69, 9.17) is 17.5 Å². The topological polar surface area (TPSA) is 106 Å². The Morgan fingerprint density at radius 2 is 1.12 bits per heavy atom. The van der Waals surface area contributed by atoms with Gasteiger partial charge in [0.05, 0.1) is 0 Å². The van der Waals surface area contributed by atoms with Gasteiger partial charge in [0.15, 0.2) is 0 Å². The fourth-order valence-electron chi connectivity index (χ4n) is 0. The average Bonchev–Trinajstić information content (AvgIpc) is 0.722. The van der Waals surface area contributed by atoms with Crippen molar-refractivity contribution in [2.75, 3.05) is 0 Å². The van der Waals surface area contributed by atoms with Crippen LogP contribution in [0.15, 0.2) is 0 Å². The van der Waals surface area contributed by atoms with Crippen LogP contribution >= 0.6 is 0 Å². The first-order chi connectivity index (χ1) is 2.00. The summed E-state index contributed by atoms with van der Waals surface area (Å²) >= 11 is 0. The van der Waals surface area contributed by atoms with Gasteiger partial charge in [0, 0.05) is 16.8 Å². The van der Waals surface area contributed by atoms with Gasteiger partial charge in [-0.25, -0.2) is 0 Å². The van der Waals surface area contributed by atoms with Crippen LogP contribution in [0.2, 0.25) is 0 Å². The predicted octanol–water partition coefficient (Wildman–Crippen LogP) is -2.13. The van der Waals surface area contributed by atoms with E-state index < -0.39 is 10.4 Å². The van der Waals surface area contributed by atoms with Crippen LogP contribution in [0.3, 0.4) is 0 Å². The molecule has 1 radical (unpaired) electrons.